The van der Waals surface area contributed by atoms with E-state index in [1.54, 1.807) is 4.57 Å². The summed E-state index contributed by atoms with van der Waals surface area (Å²) in [6.07, 6.45) is 2.85. The minimum absolute atomic E-state index is 0.00864. The Morgan fingerprint density at radius 3 is 2.48 bits per heavy atom. The third kappa shape index (κ3) is 4.65. The van der Waals surface area contributed by atoms with E-state index in [-0.39, 0.29) is 5.56 Å². The van der Waals surface area contributed by atoms with Gasteiger partial charge in [0.2, 0.25) is 5.88 Å². The van der Waals surface area contributed by atoms with E-state index in [1.807, 2.05) is 41.8 Å². The van der Waals surface area contributed by atoms with Crippen molar-refractivity contribution in [2.45, 2.75) is 26.4 Å². The largest absolute Gasteiger partial charge is 0.478 e. The predicted octanol–water partition coefficient (Wildman–Crippen LogP) is 3.26. The molecule has 0 atom stereocenters. The number of ether oxygens (including phenoxy) is 1. The number of piperazine rings is 1. The second-order valence-corrected chi connectivity index (χ2v) is 8.61. The lowest BCUT2D eigenvalue weighted by Crippen LogP contribution is -2.46. The van der Waals surface area contributed by atoms with E-state index in [4.69, 9.17) is 9.72 Å². The van der Waals surface area contributed by atoms with Crippen molar-refractivity contribution in [3.8, 4) is 5.88 Å². The Morgan fingerprint density at radius 2 is 1.70 bits per heavy atom. The molecule has 4 heterocycles. The van der Waals surface area contributed by atoms with Gasteiger partial charge in [-0.25, -0.2) is 0 Å². The Labute approximate surface area is 193 Å². The fraction of sp³-hybridized carbons (Fsp3) is 0.385. The van der Waals surface area contributed by atoms with Crippen molar-refractivity contribution in [2.24, 2.45) is 0 Å². The molecular formula is C26H31N5O2. The topological polar surface area (TPSA) is 55.0 Å². The molecule has 1 fully saturated rings. The van der Waals surface area contributed by atoms with Crippen LogP contribution in [0.5, 0.6) is 5.88 Å². The zero-order valence-corrected chi connectivity index (χ0v) is 19.2. The molecule has 0 unspecified atom stereocenters. The fourth-order valence-corrected chi connectivity index (χ4v) is 4.67. The zero-order chi connectivity index (χ0) is 22.6. The van der Waals surface area contributed by atoms with Crippen LogP contribution in [0.15, 0.2) is 65.6 Å². The van der Waals surface area contributed by atoms with Gasteiger partial charge < -0.3 is 14.2 Å². The third-order valence-corrected chi connectivity index (χ3v) is 6.46. The molecule has 0 amide bonds. The minimum Gasteiger partial charge on any atom is -0.478 e. The number of aryl methyl sites for hydroxylation is 1. The van der Waals surface area contributed by atoms with Gasteiger partial charge in [-0.1, -0.05) is 30.3 Å². The fourth-order valence-electron chi connectivity index (χ4n) is 4.67. The summed E-state index contributed by atoms with van der Waals surface area (Å²) in [5, 5.41) is 0. The number of rotatable bonds is 8. The Hall–Kier alpha value is -3.16. The summed E-state index contributed by atoms with van der Waals surface area (Å²) in [6.45, 7) is 9.69. The van der Waals surface area contributed by atoms with Crippen LogP contribution in [-0.4, -0.2) is 63.1 Å². The van der Waals surface area contributed by atoms with Gasteiger partial charge in [-0.3, -0.25) is 14.1 Å². The first-order valence-corrected chi connectivity index (χ1v) is 11.8. The Kier molecular flexibility index (Phi) is 6.41. The highest BCUT2D eigenvalue weighted by molar-refractivity contribution is 5.75. The highest BCUT2D eigenvalue weighted by atomic mass is 16.5. The van der Waals surface area contributed by atoms with E-state index in [2.05, 4.69) is 40.1 Å². The number of pyridine rings is 1. The Bertz CT molecular complexity index is 1270. The van der Waals surface area contributed by atoms with Crippen LogP contribution in [0.25, 0.3) is 16.7 Å². The number of hydrogen-bond donors (Lipinski definition) is 0. The Morgan fingerprint density at radius 1 is 0.909 bits per heavy atom. The molecule has 1 aliphatic rings. The maximum atomic E-state index is 12.7. The minimum atomic E-state index is 0.00864. The number of aromatic nitrogens is 3. The lowest BCUT2D eigenvalue weighted by molar-refractivity contribution is 0.121. The highest BCUT2D eigenvalue weighted by Crippen LogP contribution is 2.18. The quantitative estimate of drug-likeness (QED) is 0.390. The molecule has 0 aliphatic carbocycles. The number of nitrogens with zero attached hydrogens (tertiary/aromatic N) is 5. The second-order valence-electron chi connectivity index (χ2n) is 8.61. The molecule has 1 saturated heterocycles. The Balaban J connectivity index is 1.14. The van der Waals surface area contributed by atoms with Gasteiger partial charge in [0, 0.05) is 58.1 Å². The van der Waals surface area contributed by atoms with Gasteiger partial charge in [0.1, 0.15) is 5.52 Å². The summed E-state index contributed by atoms with van der Waals surface area (Å²) in [4.78, 5) is 22.4. The second kappa shape index (κ2) is 9.77. The summed E-state index contributed by atoms with van der Waals surface area (Å²) in [7, 11) is 0. The van der Waals surface area contributed by atoms with Crippen molar-refractivity contribution in [2.75, 3.05) is 39.3 Å². The van der Waals surface area contributed by atoms with Gasteiger partial charge in [-0.05, 0) is 37.1 Å². The first kappa shape index (κ1) is 21.7. The first-order chi connectivity index (χ1) is 16.2. The van der Waals surface area contributed by atoms with Gasteiger partial charge in [-0.15, -0.1) is 0 Å². The summed E-state index contributed by atoms with van der Waals surface area (Å²) < 4.78 is 9.60. The van der Waals surface area contributed by atoms with Crippen molar-refractivity contribution in [1.82, 2.24) is 23.8 Å². The third-order valence-electron chi connectivity index (χ3n) is 6.46. The molecular weight excluding hydrogens is 414 g/mol. The molecule has 1 aliphatic heterocycles. The molecule has 7 nitrogen and oxygen atoms in total. The summed E-state index contributed by atoms with van der Waals surface area (Å²) in [6, 6.07) is 18.2. The average Bonchev–Trinajstić information content (AvgIpc) is 3.35. The van der Waals surface area contributed by atoms with Crippen molar-refractivity contribution in [3.05, 3.63) is 76.7 Å². The van der Waals surface area contributed by atoms with E-state index in [0.717, 1.165) is 56.9 Å². The van der Waals surface area contributed by atoms with E-state index < -0.39 is 0 Å². The standard InChI is InChI=1S/C26H31N5O2/c1-2-30-22-11-12-24(27-25(22)31-14-6-10-23(31)26(30)32)33-19-7-13-28-15-17-29(18-16-28)20-21-8-4-3-5-9-21/h3-6,8-12,14H,2,7,13,15-20H2,1H3. The SMILES string of the molecule is CCn1c(=O)c2cccn2c2nc(OCCCN3CCN(Cc4ccccc4)CC3)ccc21. The van der Waals surface area contributed by atoms with Gasteiger partial charge in [-0.2, -0.15) is 4.98 Å². The van der Waals surface area contributed by atoms with Crippen LogP contribution in [0, 0.1) is 0 Å². The zero-order valence-electron chi connectivity index (χ0n) is 19.2. The number of benzene rings is 1. The van der Waals surface area contributed by atoms with Crippen LogP contribution in [0.4, 0.5) is 0 Å². The summed E-state index contributed by atoms with van der Waals surface area (Å²) in [5.41, 5.74) is 3.61. The average molecular weight is 446 g/mol. The number of hydrogen-bond acceptors (Lipinski definition) is 5. The van der Waals surface area contributed by atoms with Crippen molar-refractivity contribution in [1.29, 1.82) is 0 Å². The van der Waals surface area contributed by atoms with Gasteiger partial charge in [0.25, 0.3) is 5.56 Å². The van der Waals surface area contributed by atoms with E-state index in [0.29, 0.717) is 24.5 Å². The number of fused-ring (bicyclic) bond motifs is 3. The molecule has 0 N–H and O–H groups in total. The molecule has 0 spiro atoms. The van der Waals surface area contributed by atoms with Crippen LogP contribution in [0.3, 0.4) is 0 Å². The van der Waals surface area contributed by atoms with Gasteiger partial charge in [0.15, 0.2) is 5.65 Å². The smallest absolute Gasteiger partial charge is 0.275 e. The molecule has 0 radical (unpaired) electrons. The van der Waals surface area contributed by atoms with E-state index in [9.17, 15) is 4.79 Å². The van der Waals surface area contributed by atoms with E-state index >= 15 is 0 Å². The van der Waals surface area contributed by atoms with Crippen LogP contribution >= 0.6 is 0 Å². The molecule has 4 aromatic rings. The maximum Gasteiger partial charge on any atom is 0.275 e. The summed E-state index contributed by atoms with van der Waals surface area (Å²) >= 11 is 0. The van der Waals surface area contributed by atoms with Gasteiger partial charge >= 0.3 is 0 Å². The molecule has 5 rings (SSSR count). The van der Waals surface area contributed by atoms with Crippen LogP contribution in [-0.2, 0) is 13.1 Å². The monoisotopic (exact) mass is 445 g/mol. The maximum absolute atomic E-state index is 12.7. The molecule has 3 aromatic heterocycles. The molecule has 0 bridgehead atoms. The summed E-state index contributed by atoms with van der Waals surface area (Å²) in [5.74, 6) is 0.603. The first-order valence-electron chi connectivity index (χ1n) is 11.8. The molecule has 0 saturated carbocycles. The van der Waals surface area contributed by atoms with Crippen LogP contribution in [0.2, 0.25) is 0 Å². The molecule has 1 aromatic carbocycles. The van der Waals surface area contributed by atoms with Crippen molar-refractivity contribution in [3.63, 3.8) is 0 Å². The lowest BCUT2D eigenvalue weighted by atomic mass is 10.2. The predicted molar refractivity (Wildman–Crippen MR) is 131 cm³/mol. The van der Waals surface area contributed by atoms with Crippen LogP contribution in [0.1, 0.15) is 18.9 Å². The lowest BCUT2D eigenvalue weighted by Gasteiger charge is -2.34. The molecule has 33 heavy (non-hydrogen) atoms. The van der Waals surface area contributed by atoms with Crippen LogP contribution < -0.4 is 10.3 Å². The van der Waals surface area contributed by atoms with Crippen molar-refractivity contribution < 1.29 is 4.74 Å². The normalized spacial score (nSPS) is 15.4. The van der Waals surface area contributed by atoms with Gasteiger partial charge in [0.05, 0.1) is 12.1 Å². The van der Waals surface area contributed by atoms with Crippen molar-refractivity contribution >= 4 is 16.7 Å². The molecule has 172 valence electrons. The highest BCUT2D eigenvalue weighted by Gasteiger charge is 2.17. The molecule has 7 heteroatoms. The van der Waals surface area contributed by atoms with E-state index in [1.165, 1.54) is 5.56 Å².